The highest BCUT2D eigenvalue weighted by Crippen LogP contribution is 2.31. The SMILES string of the molecule is Cn1cc(-c2cn3c(N)csc3n2)c2ccccc21. The van der Waals surface area contributed by atoms with Crippen LogP contribution in [0.5, 0.6) is 0 Å². The molecule has 1 aromatic carbocycles. The first kappa shape index (κ1) is 10.6. The van der Waals surface area contributed by atoms with Gasteiger partial charge in [0.25, 0.3) is 0 Å². The van der Waals surface area contributed by atoms with Crippen molar-refractivity contribution in [1.29, 1.82) is 0 Å². The number of para-hydroxylation sites is 1. The molecule has 0 bridgehead atoms. The number of rotatable bonds is 1. The van der Waals surface area contributed by atoms with Crippen LogP contribution < -0.4 is 5.73 Å². The van der Waals surface area contributed by atoms with E-state index in [-0.39, 0.29) is 0 Å². The number of hydrogen-bond donors (Lipinski definition) is 1. The van der Waals surface area contributed by atoms with Crippen LogP contribution in [0, 0.1) is 0 Å². The zero-order valence-corrected chi connectivity index (χ0v) is 11.2. The summed E-state index contributed by atoms with van der Waals surface area (Å²) in [6.07, 6.45) is 4.12. The summed E-state index contributed by atoms with van der Waals surface area (Å²) >= 11 is 1.56. The fraction of sp³-hybridized carbons (Fsp3) is 0.0714. The number of anilines is 1. The third-order valence-corrected chi connectivity index (χ3v) is 4.27. The number of aromatic nitrogens is 3. The molecule has 0 amide bonds. The highest BCUT2D eigenvalue weighted by atomic mass is 32.1. The van der Waals surface area contributed by atoms with Crippen LogP contribution in [-0.2, 0) is 7.05 Å². The van der Waals surface area contributed by atoms with Crippen molar-refractivity contribution < 1.29 is 0 Å². The molecular formula is C14H12N4S. The minimum absolute atomic E-state index is 0.735. The van der Waals surface area contributed by atoms with Gasteiger partial charge in [0.1, 0.15) is 5.82 Å². The van der Waals surface area contributed by atoms with Crippen LogP contribution in [0.1, 0.15) is 0 Å². The van der Waals surface area contributed by atoms with Gasteiger partial charge in [0.05, 0.1) is 5.69 Å². The van der Waals surface area contributed by atoms with Crippen molar-refractivity contribution in [1.82, 2.24) is 14.0 Å². The molecule has 2 N–H and O–H groups in total. The van der Waals surface area contributed by atoms with E-state index in [1.807, 2.05) is 16.0 Å². The first-order chi connectivity index (χ1) is 9.24. The minimum Gasteiger partial charge on any atom is -0.384 e. The van der Waals surface area contributed by atoms with E-state index in [1.54, 1.807) is 11.3 Å². The molecule has 0 aliphatic rings. The van der Waals surface area contributed by atoms with Gasteiger partial charge in [0, 0.05) is 41.3 Å². The van der Waals surface area contributed by atoms with Crippen LogP contribution in [0.4, 0.5) is 5.82 Å². The Morgan fingerprint density at radius 1 is 1.21 bits per heavy atom. The van der Waals surface area contributed by atoms with Crippen LogP contribution in [0.2, 0.25) is 0 Å². The van der Waals surface area contributed by atoms with Gasteiger partial charge in [-0.15, -0.1) is 11.3 Å². The summed E-state index contributed by atoms with van der Waals surface area (Å²) < 4.78 is 4.06. The second-order valence-electron chi connectivity index (χ2n) is 4.61. The summed E-state index contributed by atoms with van der Waals surface area (Å²) in [5.41, 5.74) is 9.24. The quantitative estimate of drug-likeness (QED) is 0.576. The molecule has 0 saturated carbocycles. The first-order valence-electron chi connectivity index (χ1n) is 6.00. The summed E-state index contributed by atoms with van der Waals surface area (Å²) in [6.45, 7) is 0. The second-order valence-corrected chi connectivity index (χ2v) is 5.45. The fourth-order valence-electron chi connectivity index (χ4n) is 2.48. The van der Waals surface area contributed by atoms with E-state index in [9.17, 15) is 0 Å². The van der Waals surface area contributed by atoms with Crippen LogP contribution in [0.3, 0.4) is 0 Å². The average molecular weight is 268 g/mol. The molecule has 19 heavy (non-hydrogen) atoms. The molecule has 3 heterocycles. The predicted octanol–water partition coefficient (Wildman–Crippen LogP) is 3.14. The van der Waals surface area contributed by atoms with Gasteiger partial charge < -0.3 is 10.3 Å². The Morgan fingerprint density at radius 3 is 2.89 bits per heavy atom. The smallest absolute Gasteiger partial charge is 0.195 e. The van der Waals surface area contributed by atoms with E-state index in [1.165, 1.54) is 10.9 Å². The number of nitrogens with two attached hydrogens (primary N) is 1. The molecule has 4 nitrogen and oxygen atoms in total. The first-order valence-corrected chi connectivity index (χ1v) is 6.88. The van der Waals surface area contributed by atoms with Crippen LogP contribution in [-0.4, -0.2) is 14.0 Å². The Hall–Kier alpha value is -2.27. The molecule has 0 aliphatic heterocycles. The minimum atomic E-state index is 0.735. The van der Waals surface area contributed by atoms with Gasteiger partial charge in [-0.2, -0.15) is 0 Å². The van der Waals surface area contributed by atoms with E-state index in [0.29, 0.717) is 0 Å². The van der Waals surface area contributed by atoms with E-state index < -0.39 is 0 Å². The molecule has 0 radical (unpaired) electrons. The number of nitrogens with zero attached hydrogens (tertiary/aromatic N) is 3. The monoisotopic (exact) mass is 268 g/mol. The summed E-state index contributed by atoms with van der Waals surface area (Å²) in [5.74, 6) is 0.735. The van der Waals surface area contributed by atoms with E-state index >= 15 is 0 Å². The van der Waals surface area contributed by atoms with Crippen molar-refractivity contribution >= 4 is 33.0 Å². The molecular weight excluding hydrogens is 256 g/mol. The summed E-state index contributed by atoms with van der Waals surface area (Å²) in [6, 6.07) is 8.35. The number of fused-ring (bicyclic) bond motifs is 2. The molecule has 94 valence electrons. The van der Waals surface area contributed by atoms with Crippen molar-refractivity contribution in [3.8, 4) is 11.3 Å². The largest absolute Gasteiger partial charge is 0.384 e. The number of nitrogen functional groups attached to an aromatic ring is 1. The van der Waals surface area contributed by atoms with Gasteiger partial charge in [-0.25, -0.2) is 4.98 Å². The Labute approximate surface area is 113 Å². The maximum absolute atomic E-state index is 5.91. The van der Waals surface area contributed by atoms with Crippen molar-refractivity contribution in [2.75, 3.05) is 5.73 Å². The van der Waals surface area contributed by atoms with E-state index in [2.05, 4.69) is 47.1 Å². The molecule has 0 atom stereocenters. The normalized spacial score (nSPS) is 11.6. The molecule has 3 aromatic heterocycles. The van der Waals surface area contributed by atoms with Gasteiger partial charge in [-0.1, -0.05) is 18.2 Å². The fourth-order valence-corrected chi connectivity index (χ4v) is 3.24. The third kappa shape index (κ3) is 1.42. The zero-order chi connectivity index (χ0) is 13.0. The van der Waals surface area contributed by atoms with E-state index in [0.717, 1.165) is 22.0 Å². The lowest BCUT2D eigenvalue weighted by Gasteiger charge is -1.94. The Balaban J connectivity index is 2.03. The molecule has 5 heteroatoms. The molecule has 0 fully saturated rings. The maximum atomic E-state index is 5.91. The molecule has 0 saturated heterocycles. The number of thiazole rings is 1. The number of aryl methyl sites for hydroxylation is 1. The summed E-state index contributed by atoms with van der Waals surface area (Å²) in [5, 5.41) is 3.13. The predicted molar refractivity (Wildman–Crippen MR) is 79.4 cm³/mol. The van der Waals surface area contributed by atoms with Gasteiger partial charge in [-0.3, -0.25) is 4.40 Å². The number of imidazole rings is 1. The van der Waals surface area contributed by atoms with Gasteiger partial charge in [0.15, 0.2) is 4.96 Å². The summed E-state index contributed by atoms with van der Waals surface area (Å²) in [7, 11) is 2.05. The third-order valence-electron chi connectivity index (χ3n) is 3.41. The second kappa shape index (κ2) is 3.61. The van der Waals surface area contributed by atoms with Crippen molar-refractivity contribution in [2.24, 2.45) is 7.05 Å². The standard InChI is InChI=1S/C14H12N4S/c1-17-6-10(9-4-2-3-5-12(9)17)11-7-18-13(15)8-19-14(18)16-11/h2-8H,15H2,1H3. The lowest BCUT2D eigenvalue weighted by molar-refractivity contribution is 0.970. The Kier molecular flexibility index (Phi) is 2.02. The highest BCUT2D eigenvalue weighted by Gasteiger charge is 2.12. The van der Waals surface area contributed by atoms with Gasteiger partial charge in [0.2, 0.25) is 0 Å². The molecule has 0 unspecified atom stereocenters. The maximum Gasteiger partial charge on any atom is 0.195 e. The lowest BCUT2D eigenvalue weighted by Crippen LogP contribution is -1.87. The van der Waals surface area contributed by atoms with Crippen molar-refractivity contribution in [2.45, 2.75) is 0 Å². The average Bonchev–Trinajstić information content (AvgIpc) is 3.06. The lowest BCUT2D eigenvalue weighted by atomic mass is 10.1. The van der Waals surface area contributed by atoms with Crippen LogP contribution in [0.25, 0.3) is 27.1 Å². The molecule has 0 aliphatic carbocycles. The number of hydrogen-bond acceptors (Lipinski definition) is 3. The summed E-state index contributed by atoms with van der Waals surface area (Å²) in [4.78, 5) is 5.59. The Morgan fingerprint density at radius 2 is 2.05 bits per heavy atom. The van der Waals surface area contributed by atoms with Gasteiger partial charge in [-0.05, 0) is 6.07 Å². The van der Waals surface area contributed by atoms with Crippen LogP contribution in [0.15, 0.2) is 42.0 Å². The Bertz CT molecular complexity index is 897. The van der Waals surface area contributed by atoms with Crippen molar-refractivity contribution in [3.05, 3.63) is 42.0 Å². The van der Waals surface area contributed by atoms with Gasteiger partial charge >= 0.3 is 0 Å². The van der Waals surface area contributed by atoms with Crippen molar-refractivity contribution in [3.63, 3.8) is 0 Å². The molecule has 4 rings (SSSR count). The topological polar surface area (TPSA) is 48.2 Å². The number of benzene rings is 1. The molecule has 0 spiro atoms. The highest BCUT2D eigenvalue weighted by molar-refractivity contribution is 7.15. The zero-order valence-electron chi connectivity index (χ0n) is 10.4. The van der Waals surface area contributed by atoms with E-state index in [4.69, 9.17) is 5.73 Å². The molecule has 4 aromatic rings. The van der Waals surface area contributed by atoms with Crippen LogP contribution >= 0.6 is 11.3 Å².